The van der Waals surface area contributed by atoms with Crippen LogP contribution in [0.5, 0.6) is 5.75 Å². The summed E-state index contributed by atoms with van der Waals surface area (Å²) in [6.45, 7) is 4.04. The van der Waals surface area contributed by atoms with Gasteiger partial charge in [-0.25, -0.2) is 4.39 Å². The third-order valence-corrected chi connectivity index (χ3v) is 2.77. The largest absolute Gasteiger partial charge is 0.480 e. The Hall–Kier alpha value is -1.66. The molecule has 1 aromatic rings. The monoisotopic (exact) mass is 298 g/mol. The van der Waals surface area contributed by atoms with E-state index in [-0.39, 0.29) is 18.3 Å². The molecule has 0 aromatic heterocycles. The predicted octanol–water partition coefficient (Wildman–Crippen LogP) is 1.47. The van der Waals surface area contributed by atoms with E-state index in [9.17, 15) is 9.18 Å². The molecule has 0 heterocycles. The first kappa shape index (κ1) is 17.4. The van der Waals surface area contributed by atoms with Crippen LogP contribution < -0.4 is 15.4 Å². The first-order valence-corrected chi connectivity index (χ1v) is 7.05. The van der Waals surface area contributed by atoms with Crippen LogP contribution in [-0.4, -0.2) is 39.3 Å². The average Bonchev–Trinajstić information content (AvgIpc) is 2.48. The fraction of sp³-hybridized carbons (Fsp3) is 0.533. The predicted molar refractivity (Wildman–Crippen MR) is 78.8 cm³/mol. The number of nitrogens with one attached hydrogen (secondary N) is 2. The van der Waals surface area contributed by atoms with Gasteiger partial charge in [-0.05, 0) is 12.5 Å². The molecule has 0 aliphatic heterocycles. The molecule has 1 aromatic carbocycles. The maximum Gasteiger partial charge on any atom is 0.257 e. The van der Waals surface area contributed by atoms with Gasteiger partial charge in [0.15, 0.2) is 18.2 Å². The van der Waals surface area contributed by atoms with Crippen LogP contribution >= 0.6 is 0 Å². The fourth-order valence-electron chi connectivity index (χ4n) is 1.70. The first-order valence-electron chi connectivity index (χ1n) is 7.05. The van der Waals surface area contributed by atoms with Crippen LogP contribution in [-0.2, 0) is 16.1 Å². The van der Waals surface area contributed by atoms with Crippen LogP contribution in [0, 0.1) is 5.82 Å². The summed E-state index contributed by atoms with van der Waals surface area (Å²) in [5.74, 6) is -0.600. The summed E-state index contributed by atoms with van der Waals surface area (Å²) in [4.78, 5) is 11.5. The molecule has 2 N–H and O–H groups in total. The Kier molecular flexibility index (Phi) is 8.38. The average molecular weight is 298 g/mol. The van der Waals surface area contributed by atoms with E-state index in [0.717, 1.165) is 6.42 Å². The third-order valence-electron chi connectivity index (χ3n) is 2.77. The molecule has 0 unspecified atom stereocenters. The molecule has 0 radical (unpaired) electrons. The molecule has 1 amide bonds. The van der Waals surface area contributed by atoms with Crippen LogP contribution in [0.3, 0.4) is 0 Å². The minimum absolute atomic E-state index is 0.120. The quantitative estimate of drug-likeness (QED) is 0.642. The van der Waals surface area contributed by atoms with E-state index in [2.05, 4.69) is 10.6 Å². The van der Waals surface area contributed by atoms with Crippen molar-refractivity contribution in [1.82, 2.24) is 10.6 Å². The second-order valence-electron chi connectivity index (χ2n) is 4.54. The van der Waals surface area contributed by atoms with Gasteiger partial charge in [0.2, 0.25) is 0 Å². The summed E-state index contributed by atoms with van der Waals surface area (Å²) < 4.78 is 24.1. The lowest BCUT2D eigenvalue weighted by Gasteiger charge is -2.13. The fourth-order valence-corrected chi connectivity index (χ4v) is 1.70. The number of hydrogen-bond acceptors (Lipinski definition) is 4. The molecule has 0 spiro atoms. The number of benzene rings is 1. The molecule has 0 aliphatic rings. The van der Waals surface area contributed by atoms with E-state index < -0.39 is 5.82 Å². The zero-order valence-corrected chi connectivity index (χ0v) is 12.6. The van der Waals surface area contributed by atoms with Crippen molar-refractivity contribution in [2.75, 3.05) is 33.4 Å². The maximum absolute atomic E-state index is 13.8. The smallest absolute Gasteiger partial charge is 0.257 e. The van der Waals surface area contributed by atoms with E-state index in [4.69, 9.17) is 9.47 Å². The van der Waals surface area contributed by atoms with Crippen molar-refractivity contribution in [3.63, 3.8) is 0 Å². The van der Waals surface area contributed by atoms with Crippen molar-refractivity contribution in [2.45, 2.75) is 19.9 Å². The molecule has 0 saturated heterocycles. The molecule has 0 fully saturated rings. The number of amides is 1. The Balaban J connectivity index is 2.56. The molecule has 118 valence electrons. The standard InChI is InChI=1S/C15H23FN2O3/c1-3-7-18-14(19)11-21-15-12(5-4-6-13(15)16)10-17-8-9-20-2/h4-6,17H,3,7-11H2,1-2H3,(H,18,19). The Bertz CT molecular complexity index is 441. The molecule has 6 heteroatoms. The summed E-state index contributed by atoms with van der Waals surface area (Å²) in [5.41, 5.74) is 0.675. The number of hydrogen-bond donors (Lipinski definition) is 2. The Morgan fingerprint density at radius 2 is 2.14 bits per heavy atom. The summed E-state index contributed by atoms with van der Waals surface area (Å²) in [5, 5.41) is 5.80. The first-order chi connectivity index (χ1) is 10.2. The topological polar surface area (TPSA) is 59.6 Å². The van der Waals surface area contributed by atoms with Crippen molar-refractivity contribution >= 4 is 5.91 Å². The highest BCUT2D eigenvalue weighted by Crippen LogP contribution is 2.22. The van der Waals surface area contributed by atoms with Crippen molar-refractivity contribution in [3.8, 4) is 5.75 Å². The van der Waals surface area contributed by atoms with Gasteiger partial charge in [0.05, 0.1) is 6.61 Å². The molecule has 1 rings (SSSR count). The van der Waals surface area contributed by atoms with Crippen molar-refractivity contribution in [1.29, 1.82) is 0 Å². The Labute approximate surface area is 124 Å². The van der Waals surface area contributed by atoms with Gasteiger partial charge in [0, 0.05) is 32.3 Å². The van der Waals surface area contributed by atoms with Gasteiger partial charge in [0.1, 0.15) is 0 Å². The lowest BCUT2D eigenvalue weighted by atomic mass is 10.2. The number of rotatable bonds is 10. The number of methoxy groups -OCH3 is 1. The lowest BCUT2D eigenvalue weighted by Crippen LogP contribution is -2.29. The number of ether oxygens (including phenoxy) is 2. The normalized spacial score (nSPS) is 10.4. The summed E-state index contributed by atoms with van der Waals surface area (Å²) in [6.07, 6.45) is 0.847. The summed E-state index contributed by atoms with van der Waals surface area (Å²) in [7, 11) is 1.62. The number of carbonyl (C=O) groups excluding carboxylic acids is 1. The van der Waals surface area contributed by atoms with Gasteiger partial charge in [-0.1, -0.05) is 19.1 Å². The number of halogens is 1. The summed E-state index contributed by atoms with van der Waals surface area (Å²) >= 11 is 0. The van der Waals surface area contributed by atoms with Crippen molar-refractivity contribution < 1.29 is 18.7 Å². The van der Waals surface area contributed by atoms with Crippen LogP contribution in [0.2, 0.25) is 0 Å². The maximum atomic E-state index is 13.8. The highest BCUT2D eigenvalue weighted by molar-refractivity contribution is 5.77. The zero-order valence-electron chi connectivity index (χ0n) is 12.6. The van der Waals surface area contributed by atoms with Gasteiger partial charge in [-0.2, -0.15) is 0 Å². The van der Waals surface area contributed by atoms with Crippen LogP contribution in [0.4, 0.5) is 4.39 Å². The van der Waals surface area contributed by atoms with Crippen LogP contribution in [0.15, 0.2) is 18.2 Å². The van der Waals surface area contributed by atoms with Gasteiger partial charge in [0.25, 0.3) is 5.91 Å². The molecular weight excluding hydrogens is 275 g/mol. The molecule has 5 nitrogen and oxygen atoms in total. The van der Waals surface area contributed by atoms with Crippen molar-refractivity contribution in [3.05, 3.63) is 29.6 Å². The van der Waals surface area contributed by atoms with Gasteiger partial charge in [-0.3, -0.25) is 4.79 Å². The van der Waals surface area contributed by atoms with E-state index in [1.165, 1.54) is 6.07 Å². The molecular formula is C15H23FN2O3. The second-order valence-corrected chi connectivity index (χ2v) is 4.54. The highest BCUT2D eigenvalue weighted by atomic mass is 19.1. The zero-order chi connectivity index (χ0) is 15.5. The molecule has 21 heavy (non-hydrogen) atoms. The van der Waals surface area contributed by atoms with Gasteiger partial charge in [-0.15, -0.1) is 0 Å². The SMILES string of the molecule is CCCNC(=O)COc1c(F)cccc1CNCCOC. The minimum Gasteiger partial charge on any atom is -0.480 e. The van der Waals surface area contributed by atoms with Crippen molar-refractivity contribution in [2.24, 2.45) is 0 Å². The van der Waals surface area contributed by atoms with E-state index in [1.54, 1.807) is 19.2 Å². The molecule has 0 atom stereocenters. The van der Waals surface area contributed by atoms with Gasteiger partial charge < -0.3 is 20.1 Å². The molecule has 0 saturated carbocycles. The number of para-hydroxylation sites is 1. The van der Waals surface area contributed by atoms with Gasteiger partial charge >= 0.3 is 0 Å². The second kappa shape index (κ2) is 10.1. The summed E-state index contributed by atoms with van der Waals surface area (Å²) in [6, 6.07) is 4.70. The Morgan fingerprint density at radius 1 is 1.33 bits per heavy atom. The minimum atomic E-state index is -0.468. The Morgan fingerprint density at radius 3 is 2.86 bits per heavy atom. The highest BCUT2D eigenvalue weighted by Gasteiger charge is 2.11. The van der Waals surface area contributed by atoms with E-state index in [0.29, 0.717) is 31.8 Å². The molecule has 0 aliphatic carbocycles. The molecule has 0 bridgehead atoms. The lowest BCUT2D eigenvalue weighted by molar-refractivity contribution is -0.123. The van der Waals surface area contributed by atoms with Crippen LogP contribution in [0.25, 0.3) is 0 Å². The van der Waals surface area contributed by atoms with Crippen LogP contribution in [0.1, 0.15) is 18.9 Å². The van der Waals surface area contributed by atoms with E-state index in [1.807, 2.05) is 6.92 Å². The van der Waals surface area contributed by atoms with E-state index >= 15 is 0 Å². The third kappa shape index (κ3) is 6.55. The number of carbonyl (C=O) groups is 1.